The third kappa shape index (κ3) is 3.18. The number of hydrogen-bond donors (Lipinski definition) is 2. The molecule has 0 saturated heterocycles. The summed E-state index contributed by atoms with van der Waals surface area (Å²) in [5.41, 5.74) is 0.0835. The van der Waals surface area contributed by atoms with E-state index in [0.717, 1.165) is 11.3 Å². The summed E-state index contributed by atoms with van der Waals surface area (Å²) < 4.78 is 5.45. The lowest BCUT2D eigenvalue weighted by Crippen LogP contribution is -2.34. The first kappa shape index (κ1) is 12.8. The first-order chi connectivity index (χ1) is 8.58. The number of aliphatic hydroxyl groups is 1. The normalized spacial score (nSPS) is 14.4. The molecule has 1 unspecified atom stereocenters. The Morgan fingerprint density at radius 2 is 2.22 bits per heavy atom. The summed E-state index contributed by atoms with van der Waals surface area (Å²) in [7, 11) is 0. The minimum absolute atomic E-state index is 0.425. The van der Waals surface area contributed by atoms with Gasteiger partial charge >= 0.3 is 0 Å². The van der Waals surface area contributed by atoms with Crippen molar-refractivity contribution >= 4 is 0 Å². The zero-order valence-electron chi connectivity index (χ0n) is 10.7. The second-order valence-corrected chi connectivity index (χ2v) is 4.65. The molecule has 4 nitrogen and oxygen atoms in total. The summed E-state index contributed by atoms with van der Waals surface area (Å²) in [4.78, 5) is 4.04. The van der Waals surface area contributed by atoms with Gasteiger partial charge in [0.25, 0.3) is 0 Å². The molecule has 2 aromatic rings. The Hall–Kier alpha value is -1.65. The Morgan fingerprint density at radius 3 is 2.83 bits per heavy atom. The van der Waals surface area contributed by atoms with Crippen LogP contribution in [0.25, 0.3) is 0 Å². The summed E-state index contributed by atoms with van der Waals surface area (Å²) in [6.07, 6.45) is 3.55. The van der Waals surface area contributed by atoms with Gasteiger partial charge in [0, 0.05) is 25.5 Å². The highest BCUT2D eigenvalue weighted by atomic mass is 16.4. The SMILES string of the molecule is Cc1ccc(C(C)(O)CNCc2cccnc2)o1. The van der Waals surface area contributed by atoms with Crippen molar-refractivity contribution in [3.05, 3.63) is 53.7 Å². The van der Waals surface area contributed by atoms with Crippen LogP contribution in [0.2, 0.25) is 0 Å². The molecule has 0 radical (unpaired) electrons. The van der Waals surface area contributed by atoms with Crippen molar-refractivity contribution in [1.82, 2.24) is 10.3 Å². The Kier molecular flexibility index (Phi) is 3.79. The molecule has 96 valence electrons. The minimum Gasteiger partial charge on any atom is -0.463 e. The smallest absolute Gasteiger partial charge is 0.136 e. The summed E-state index contributed by atoms with van der Waals surface area (Å²) in [6, 6.07) is 7.54. The van der Waals surface area contributed by atoms with Crippen molar-refractivity contribution in [2.45, 2.75) is 26.0 Å². The van der Waals surface area contributed by atoms with Gasteiger partial charge in [0.05, 0.1) is 0 Å². The van der Waals surface area contributed by atoms with Gasteiger partial charge in [0.15, 0.2) is 0 Å². The van der Waals surface area contributed by atoms with Gasteiger partial charge in [-0.1, -0.05) is 6.07 Å². The minimum atomic E-state index is -1.00. The predicted octanol–water partition coefficient (Wildman–Crippen LogP) is 1.98. The topological polar surface area (TPSA) is 58.3 Å². The van der Waals surface area contributed by atoms with Crippen LogP contribution in [0.15, 0.2) is 41.1 Å². The molecule has 0 bridgehead atoms. The molecule has 0 aromatic carbocycles. The van der Waals surface area contributed by atoms with E-state index in [1.807, 2.05) is 25.1 Å². The van der Waals surface area contributed by atoms with Crippen LogP contribution in [0.5, 0.6) is 0 Å². The molecule has 2 rings (SSSR count). The van der Waals surface area contributed by atoms with Gasteiger partial charge in [0.1, 0.15) is 17.1 Å². The van der Waals surface area contributed by atoms with E-state index in [4.69, 9.17) is 4.42 Å². The molecule has 4 heteroatoms. The summed E-state index contributed by atoms with van der Waals surface area (Å²) >= 11 is 0. The van der Waals surface area contributed by atoms with E-state index in [0.29, 0.717) is 18.8 Å². The molecule has 0 aliphatic rings. The zero-order chi connectivity index (χ0) is 13.0. The van der Waals surface area contributed by atoms with Gasteiger partial charge in [-0.3, -0.25) is 4.98 Å². The maximum absolute atomic E-state index is 10.3. The molecule has 0 saturated carbocycles. The number of nitrogens with zero attached hydrogens (tertiary/aromatic N) is 1. The number of nitrogens with one attached hydrogen (secondary N) is 1. The number of rotatable bonds is 5. The third-order valence-electron chi connectivity index (χ3n) is 2.79. The van der Waals surface area contributed by atoms with Crippen LogP contribution in [0.1, 0.15) is 24.0 Å². The average molecular weight is 246 g/mol. The van der Waals surface area contributed by atoms with E-state index in [1.165, 1.54) is 0 Å². The van der Waals surface area contributed by atoms with Crippen LogP contribution >= 0.6 is 0 Å². The molecule has 0 fully saturated rings. The third-order valence-corrected chi connectivity index (χ3v) is 2.79. The number of aryl methyl sites for hydroxylation is 1. The van der Waals surface area contributed by atoms with Crippen molar-refractivity contribution in [2.24, 2.45) is 0 Å². The van der Waals surface area contributed by atoms with Gasteiger partial charge in [0.2, 0.25) is 0 Å². The molecular weight excluding hydrogens is 228 g/mol. The van der Waals surface area contributed by atoms with E-state index in [-0.39, 0.29) is 0 Å². The number of hydrogen-bond acceptors (Lipinski definition) is 4. The lowest BCUT2D eigenvalue weighted by Gasteiger charge is -2.21. The van der Waals surface area contributed by atoms with E-state index < -0.39 is 5.60 Å². The maximum atomic E-state index is 10.3. The van der Waals surface area contributed by atoms with Crippen molar-refractivity contribution in [1.29, 1.82) is 0 Å². The quantitative estimate of drug-likeness (QED) is 0.847. The summed E-state index contributed by atoms with van der Waals surface area (Å²) in [5.74, 6) is 1.39. The molecule has 2 heterocycles. The number of furan rings is 1. The van der Waals surface area contributed by atoms with Crippen molar-refractivity contribution in [2.75, 3.05) is 6.54 Å². The lowest BCUT2D eigenvalue weighted by atomic mass is 10.0. The number of aromatic nitrogens is 1. The molecule has 0 aliphatic carbocycles. The molecule has 0 amide bonds. The van der Waals surface area contributed by atoms with Crippen molar-refractivity contribution < 1.29 is 9.52 Å². The van der Waals surface area contributed by atoms with Gasteiger partial charge in [-0.15, -0.1) is 0 Å². The van der Waals surface area contributed by atoms with E-state index >= 15 is 0 Å². The first-order valence-corrected chi connectivity index (χ1v) is 5.97. The van der Waals surface area contributed by atoms with E-state index in [1.54, 1.807) is 25.4 Å². The Labute approximate surface area is 107 Å². The largest absolute Gasteiger partial charge is 0.463 e. The van der Waals surface area contributed by atoms with Crippen LogP contribution in [0.3, 0.4) is 0 Å². The number of pyridine rings is 1. The maximum Gasteiger partial charge on any atom is 0.136 e. The highest BCUT2D eigenvalue weighted by Crippen LogP contribution is 2.21. The second kappa shape index (κ2) is 5.33. The zero-order valence-corrected chi connectivity index (χ0v) is 10.7. The molecule has 1 atom stereocenters. The first-order valence-electron chi connectivity index (χ1n) is 5.97. The van der Waals surface area contributed by atoms with Crippen LogP contribution in [-0.2, 0) is 12.1 Å². The standard InChI is InChI=1S/C14H18N2O2/c1-11-5-6-13(18-11)14(2,17)10-16-9-12-4-3-7-15-8-12/h3-8,16-17H,9-10H2,1-2H3. The van der Waals surface area contributed by atoms with Gasteiger partial charge in [-0.25, -0.2) is 0 Å². The van der Waals surface area contributed by atoms with Gasteiger partial charge in [-0.05, 0) is 37.6 Å². The molecule has 18 heavy (non-hydrogen) atoms. The Bertz CT molecular complexity index is 492. The van der Waals surface area contributed by atoms with Crippen LogP contribution in [0, 0.1) is 6.92 Å². The fourth-order valence-electron chi connectivity index (χ4n) is 1.76. The Morgan fingerprint density at radius 1 is 1.39 bits per heavy atom. The fourth-order valence-corrected chi connectivity index (χ4v) is 1.76. The fraction of sp³-hybridized carbons (Fsp3) is 0.357. The Balaban J connectivity index is 1.89. The highest BCUT2D eigenvalue weighted by Gasteiger charge is 2.26. The van der Waals surface area contributed by atoms with Gasteiger partial charge < -0.3 is 14.8 Å². The van der Waals surface area contributed by atoms with Crippen LogP contribution < -0.4 is 5.32 Å². The molecule has 0 spiro atoms. The van der Waals surface area contributed by atoms with Gasteiger partial charge in [-0.2, -0.15) is 0 Å². The van der Waals surface area contributed by atoms with Crippen LogP contribution in [0.4, 0.5) is 0 Å². The highest BCUT2D eigenvalue weighted by molar-refractivity contribution is 5.13. The lowest BCUT2D eigenvalue weighted by molar-refractivity contribution is 0.0332. The summed E-state index contributed by atoms with van der Waals surface area (Å²) in [5, 5.41) is 13.5. The molecular formula is C14H18N2O2. The van der Waals surface area contributed by atoms with Crippen LogP contribution in [-0.4, -0.2) is 16.6 Å². The predicted molar refractivity (Wildman–Crippen MR) is 69.0 cm³/mol. The average Bonchev–Trinajstić information content (AvgIpc) is 2.78. The molecule has 2 aromatic heterocycles. The second-order valence-electron chi connectivity index (χ2n) is 4.65. The monoisotopic (exact) mass is 246 g/mol. The van der Waals surface area contributed by atoms with Crippen molar-refractivity contribution in [3.8, 4) is 0 Å². The molecule has 2 N–H and O–H groups in total. The van der Waals surface area contributed by atoms with E-state index in [2.05, 4.69) is 10.3 Å². The summed E-state index contributed by atoms with van der Waals surface area (Å²) in [6.45, 7) is 4.70. The van der Waals surface area contributed by atoms with E-state index in [9.17, 15) is 5.11 Å². The van der Waals surface area contributed by atoms with Crippen molar-refractivity contribution in [3.63, 3.8) is 0 Å². The molecule has 0 aliphatic heterocycles.